The third kappa shape index (κ3) is 2.67. The fourth-order valence-electron chi connectivity index (χ4n) is 3.40. The maximum Gasteiger partial charge on any atom is 0.306 e. The van der Waals surface area contributed by atoms with E-state index in [1.807, 2.05) is 30.3 Å². The van der Waals surface area contributed by atoms with Gasteiger partial charge in [0, 0.05) is 22.0 Å². The van der Waals surface area contributed by atoms with Crippen LogP contribution in [0.4, 0.5) is 0 Å². The van der Waals surface area contributed by atoms with Crippen molar-refractivity contribution in [2.24, 2.45) is 5.92 Å². The Morgan fingerprint density at radius 2 is 2.08 bits per heavy atom. The molecule has 5 nitrogen and oxygen atoms in total. The Balaban J connectivity index is 1.51. The first-order valence-electron chi connectivity index (χ1n) is 8.00. The van der Waals surface area contributed by atoms with Crippen molar-refractivity contribution in [3.05, 3.63) is 40.8 Å². The summed E-state index contributed by atoms with van der Waals surface area (Å²) in [4.78, 5) is 25.3. The number of rotatable bonds is 3. The highest BCUT2D eigenvalue weighted by Gasteiger charge is 2.31. The molecule has 24 heavy (non-hydrogen) atoms. The molecule has 2 aromatic rings. The van der Waals surface area contributed by atoms with Crippen LogP contribution >= 0.6 is 11.3 Å². The molecule has 2 aliphatic rings. The van der Waals surface area contributed by atoms with E-state index in [9.17, 15) is 9.59 Å². The van der Waals surface area contributed by atoms with Gasteiger partial charge >= 0.3 is 5.97 Å². The normalized spacial score (nSPS) is 21.5. The molecule has 2 heterocycles. The van der Waals surface area contributed by atoms with E-state index in [4.69, 9.17) is 9.84 Å². The molecule has 4 rings (SSSR count). The average molecular weight is 343 g/mol. The van der Waals surface area contributed by atoms with Crippen LogP contribution in [-0.2, 0) is 11.4 Å². The number of aliphatic carboxylic acids is 1. The summed E-state index contributed by atoms with van der Waals surface area (Å²) in [5, 5.41) is 12.0. The molecule has 1 amide bonds. The van der Waals surface area contributed by atoms with Gasteiger partial charge in [0.1, 0.15) is 12.4 Å². The molecule has 2 N–H and O–H groups in total. The summed E-state index contributed by atoms with van der Waals surface area (Å²) >= 11 is 1.47. The van der Waals surface area contributed by atoms with E-state index in [-0.39, 0.29) is 17.9 Å². The quantitative estimate of drug-likeness (QED) is 0.897. The Hall–Kier alpha value is -2.34. The zero-order chi connectivity index (χ0) is 16.7. The highest BCUT2D eigenvalue weighted by atomic mass is 32.1. The fourth-order valence-corrected chi connectivity index (χ4v) is 4.51. The number of benzene rings is 1. The van der Waals surface area contributed by atoms with Crippen molar-refractivity contribution in [1.82, 2.24) is 5.32 Å². The molecule has 124 valence electrons. The highest BCUT2D eigenvalue weighted by molar-refractivity contribution is 7.17. The first-order chi connectivity index (χ1) is 11.6. The van der Waals surface area contributed by atoms with Crippen molar-refractivity contribution in [2.45, 2.75) is 31.9 Å². The molecule has 0 saturated heterocycles. The van der Waals surface area contributed by atoms with Crippen molar-refractivity contribution in [3.8, 4) is 16.2 Å². The average Bonchev–Trinajstić information content (AvgIpc) is 3.21. The molecule has 0 radical (unpaired) electrons. The summed E-state index contributed by atoms with van der Waals surface area (Å²) in [7, 11) is 0. The van der Waals surface area contributed by atoms with Crippen LogP contribution in [0, 0.1) is 5.92 Å². The van der Waals surface area contributed by atoms with Crippen molar-refractivity contribution in [2.75, 3.05) is 0 Å². The topological polar surface area (TPSA) is 75.6 Å². The number of carbonyl (C=O) groups excluding carboxylic acids is 1. The minimum Gasteiger partial charge on any atom is -0.488 e. The summed E-state index contributed by atoms with van der Waals surface area (Å²) in [5.41, 5.74) is 2.05. The van der Waals surface area contributed by atoms with Crippen LogP contribution in [0.2, 0.25) is 0 Å². The number of thiophene rings is 1. The van der Waals surface area contributed by atoms with Gasteiger partial charge in [-0.15, -0.1) is 11.3 Å². The lowest BCUT2D eigenvalue weighted by molar-refractivity contribution is -0.141. The molecule has 1 aromatic heterocycles. The second-order valence-electron chi connectivity index (χ2n) is 6.27. The van der Waals surface area contributed by atoms with E-state index in [2.05, 4.69) is 5.32 Å². The largest absolute Gasteiger partial charge is 0.488 e. The fraction of sp³-hybridized carbons (Fsp3) is 0.333. The smallest absolute Gasteiger partial charge is 0.306 e. The van der Waals surface area contributed by atoms with Gasteiger partial charge in [0.25, 0.3) is 5.91 Å². The Morgan fingerprint density at radius 3 is 2.88 bits per heavy atom. The van der Waals surface area contributed by atoms with E-state index < -0.39 is 5.97 Å². The lowest BCUT2D eigenvalue weighted by Gasteiger charge is -2.16. The number of fused-ring (bicyclic) bond motifs is 3. The van der Waals surface area contributed by atoms with Gasteiger partial charge < -0.3 is 15.2 Å². The number of carbonyl (C=O) groups is 2. The van der Waals surface area contributed by atoms with E-state index in [0.717, 1.165) is 28.2 Å². The van der Waals surface area contributed by atoms with Crippen LogP contribution in [0.5, 0.6) is 5.75 Å². The molecule has 1 saturated carbocycles. The zero-order valence-electron chi connectivity index (χ0n) is 13.0. The van der Waals surface area contributed by atoms with Gasteiger partial charge in [-0.1, -0.05) is 12.1 Å². The van der Waals surface area contributed by atoms with Crippen molar-refractivity contribution in [3.63, 3.8) is 0 Å². The van der Waals surface area contributed by atoms with Crippen LogP contribution in [0.15, 0.2) is 30.3 Å². The first kappa shape index (κ1) is 15.2. The van der Waals surface area contributed by atoms with Gasteiger partial charge in [0.2, 0.25) is 0 Å². The standard InChI is InChI=1S/C18H17NO4S/c20-17(19-12-6-5-10(7-12)18(21)22)15-8-11-9-23-14-4-2-1-3-13(14)16(11)24-15/h1-4,8,10,12H,5-7,9H2,(H,19,20)(H,21,22)/t10-,12+/m0/s1. The summed E-state index contributed by atoms with van der Waals surface area (Å²) in [6, 6.07) is 9.66. The molecule has 1 fully saturated rings. The molecule has 6 heteroatoms. The van der Waals surface area contributed by atoms with Crippen LogP contribution < -0.4 is 10.1 Å². The molecular formula is C18H17NO4S. The Labute approximate surface area is 143 Å². The van der Waals surface area contributed by atoms with Crippen LogP contribution in [0.25, 0.3) is 10.4 Å². The van der Waals surface area contributed by atoms with E-state index in [1.165, 1.54) is 11.3 Å². The summed E-state index contributed by atoms with van der Waals surface area (Å²) in [6.45, 7) is 0.473. The molecule has 2 atom stereocenters. The monoisotopic (exact) mass is 343 g/mol. The second kappa shape index (κ2) is 5.94. The Morgan fingerprint density at radius 1 is 1.25 bits per heavy atom. The summed E-state index contributed by atoms with van der Waals surface area (Å²) in [5.74, 6) is -0.388. The lowest BCUT2D eigenvalue weighted by Crippen LogP contribution is -2.32. The molecule has 1 aromatic carbocycles. The Kier molecular flexibility index (Phi) is 3.76. The van der Waals surface area contributed by atoms with Crippen molar-refractivity contribution >= 4 is 23.2 Å². The van der Waals surface area contributed by atoms with Crippen molar-refractivity contribution in [1.29, 1.82) is 0 Å². The number of hydrogen-bond acceptors (Lipinski definition) is 4. The molecular weight excluding hydrogens is 326 g/mol. The van der Waals surface area contributed by atoms with Gasteiger partial charge in [0.05, 0.1) is 10.8 Å². The Bertz CT molecular complexity index is 813. The van der Waals surface area contributed by atoms with Gasteiger partial charge in [0.15, 0.2) is 0 Å². The van der Waals surface area contributed by atoms with E-state index in [1.54, 1.807) is 0 Å². The number of nitrogens with one attached hydrogen (secondary N) is 1. The molecule has 1 aliphatic carbocycles. The van der Waals surface area contributed by atoms with Gasteiger partial charge in [-0.25, -0.2) is 0 Å². The summed E-state index contributed by atoms with van der Waals surface area (Å²) in [6.07, 6.45) is 1.86. The van der Waals surface area contributed by atoms with Crippen LogP contribution in [0.3, 0.4) is 0 Å². The third-order valence-electron chi connectivity index (χ3n) is 4.66. The maximum atomic E-state index is 12.5. The van der Waals surface area contributed by atoms with Crippen LogP contribution in [-0.4, -0.2) is 23.0 Å². The first-order valence-corrected chi connectivity index (χ1v) is 8.82. The predicted molar refractivity (Wildman–Crippen MR) is 90.3 cm³/mol. The number of amides is 1. The highest BCUT2D eigenvalue weighted by Crippen LogP contribution is 2.42. The van der Waals surface area contributed by atoms with E-state index >= 15 is 0 Å². The lowest BCUT2D eigenvalue weighted by atomic mass is 10.1. The molecule has 1 aliphatic heterocycles. The third-order valence-corrected chi connectivity index (χ3v) is 5.87. The zero-order valence-corrected chi connectivity index (χ0v) is 13.8. The maximum absolute atomic E-state index is 12.5. The number of carboxylic acid groups (broad SMARTS) is 1. The van der Waals surface area contributed by atoms with Crippen LogP contribution in [0.1, 0.15) is 34.5 Å². The predicted octanol–water partition coefficient (Wildman–Crippen LogP) is 3.29. The van der Waals surface area contributed by atoms with Gasteiger partial charge in [-0.05, 0) is 37.5 Å². The van der Waals surface area contributed by atoms with Crippen molar-refractivity contribution < 1.29 is 19.4 Å². The number of para-hydroxylation sites is 1. The number of ether oxygens (including phenoxy) is 1. The molecule has 0 spiro atoms. The minimum absolute atomic E-state index is 0.0544. The number of carboxylic acids is 1. The van der Waals surface area contributed by atoms with E-state index in [0.29, 0.717) is 24.3 Å². The molecule has 0 unspecified atom stereocenters. The minimum atomic E-state index is -0.771. The van der Waals surface area contributed by atoms with Gasteiger partial charge in [-0.3, -0.25) is 9.59 Å². The van der Waals surface area contributed by atoms with Gasteiger partial charge in [-0.2, -0.15) is 0 Å². The SMILES string of the molecule is O=C(N[C@@H]1CC[C@H](C(=O)O)C1)c1cc2c(s1)-c1ccccc1OC2. The number of hydrogen-bond donors (Lipinski definition) is 2. The molecule has 0 bridgehead atoms. The second-order valence-corrected chi connectivity index (χ2v) is 7.32. The summed E-state index contributed by atoms with van der Waals surface area (Å²) < 4.78 is 5.73.